The molecule has 0 aliphatic carbocycles. The van der Waals surface area contributed by atoms with Crippen LogP contribution in [0.4, 0.5) is 5.69 Å². The third kappa shape index (κ3) is 3.71. The summed E-state index contributed by atoms with van der Waals surface area (Å²) < 4.78 is 5.90. The third-order valence-electron chi connectivity index (χ3n) is 4.31. The van der Waals surface area contributed by atoms with Crippen molar-refractivity contribution in [2.45, 2.75) is 26.3 Å². The second kappa shape index (κ2) is 7.43. The molecular weight excluding hydrogens is 364 g/mol. The number of rotatable bonds is 5. The lowest BCUT2D eigenvalue weighted by atomic mass is 10.1. The van der Waals surface area contributed by atoms with Gasteiger partial charge in [-0.1, -0.05) is 12.1 Å². The van der Waals surface area contributed by atoms with Gasteiger partial charge in [0.15, 0.2) is 11.0 Å². The molecule has 0 bridgehead atoms. The minimum Gasteiger partial charge on any atom is -0.432 e. The summed E-state index contributed by atoms with van der Waals surface area (Å²) in [7, 11) is 0. The van der Waals surface area contributed by atoms with E-state index in [9.17, 15) is 4.79 Å². The Morgan fingerprint density at radius 3 is 2.81 bits per heavy atom. The highest BCUT2D eigenvalue weighted by atomic mass is 32.1. The monoisotopic (exact) mass is 382 g/mol. The average molecular weight is 383 g/mol. The fourth-order valence-corrected chi connectivity index (χ4v) is 4.33. The van der Waals surface area contributed by atoms with Gasteiger partial charge in [-0.25, -0.2) is 0 Å². The third-order valence-corrected chi connectivity index (χ3v) is 6.01. The van der Waals surface area contributed by atoms with Crippen molar-refractivity contribution in [3.05, 3.63) is 68.7 Å². The Kier molecular flexibility index (Phi) is 4.86. The van der Waals surface area contributed by atoms with Crippen LogP contribution in [0.15, 0.2) is 51.5 Å². The van der Waals surface area contributed by atoms with E-state index in [4.69, 9.17) is 4.74 Å². The number of ether oxygens (including phenoxy) is 1. The summed E-state index contributed by atoms with van der Waals surface area (Å²) in [6, 6.07) is 9.76. The summed E-state index contributed by atoms with van der Waals surface area (Å²) in [6.07, 6.45) is 1.63. The van der Waals surface area contributed by atoms with Crippen molar-refractivity contribution < 1.29 is 9.53 Å². The number of anilines is 1. The standard InChI is InChI=1S/C20H18N2O2S2/c1-13-11-26-20-17(13)10-21-18(24-20)7-4-14-2-5-16(6-3-14)22-19(23)15-8-9-25-12-15/h2-3,5-6,8-9,11-12H,4,7,10H2,1H3,(H,22,23). The normalized spacial score (nSPS) is 12.9. The van der Waals surface area contributed by atoms with E-state index >= 15 is 0 Å². The van der Waals surface area contributed by atoms with Crippen molar-refractivity contribution >= 4 is 40.2 Å². The molecule has 132 valence electrons. The van der Waals surface area contributed by atoms with Crippen LogP contribution in [0.3, 0.4) is 0 Å². The number of hydrogen-bond donors (Lipinski definition) is 1. The molecule has 0 fully saturated rings. The molecule has 0 unspecified atom stereocenters. The van der Waals surface area contributed by atoms with Gasteiger partial charge in [0.25, 0.3) is 5.91 Å². The van der Waals surface area contributed by atoms with Crippen molar-refractivity contribution in [3.63, 3.8) is 0 Å². The molecular formula is C20H18N2O2S2. The van der Waals surface area contributed by atoms with Crippen molar-refractivity contribution in [1.82, 2.24) is 0 Å². The first-order valence-corrected chi connectivity index (χ1v) is 10.2. The first-order valence-electron chi connectivity index (χ1n) is 8.39. The maximum Gasteiger partial charge on any atom is 0.256 e. The number of nitrogens with zero attached hydrogens (tertiary/aromatic N) is 1. The van der Waals surface area contributed by atoms with Gasteiger partial charge in [-0.3, -0.25) is 9.79 Å². The highest BCUT2D eigenvalue weighted by Gasteiger charge is 2.17. The smallest absolute Gasteiger partial charge is 0.256 e. The summed E-state index contributed by atoms with van der Waals surface area (Å²) in [4.78, 5) is 16.6. The number of benzene rings is 1. The first-order chi connectivity index (χ1) is 12.7. The van der Waals surface area contributed by atoms with E-state index in [1.807, 2.05) is 41.1 Å². The fourth-order valence-electron chi connectivity index (χ4n) is 2.76. The summed E-state index contributed by atoms with van der Waals surface area (Å²) in [5, 5.41) is 9.75. The van der Waals surface area contributed by atoms with Crippen LogP contribution in [0, 0.1) is 6.92 Å². The van der Waals surface area contributed by atoms with Gasteiger partial charge < -0.3 is 10.1 Å². The molecule has 0 radical (unpaired) electrons. The summed E-state index contributed by atoms with van der Waals surface area (Å²) in [5.74, 6) is 0.722. The number of fused-ring (bicyclic) bond motifs is 1. The molecule has 2 aromatic heterocycles. The van der Waals surface area contributed by atoms with Crippen molar-refractivity contribution in [1.29, 1.82) is 0 Å². The average Bonchev–Trinajstić information content (AvgIpc) is 3.32. The number of nitrogens with one attached hydrogen (secondary N) is 1. The van der Waals surface area contributed by atoms with Crippen molar-refractivity contribution in [2.24, 2.45) is 4.99 Å². The van der Waals surface area contributed by atoms with Crippen LogP contribution < -0.4 is 10.1 Å². The van der Waals surface area contributed by atoms with E-state index in [1.54, 1.807) is 11.3 Å². The molecule has 0 spiro atoms. The van der Waals surface area contributed by atoms with Crippen LogP contribution in [0.2, 0.25) is 0 Å². The molecule has 1 aromatic carbocycles. The van der Waals surface area contributed by atoms with E-state index < -0.39 is 0 Å². The van der Waals surface area contributed by atoms with E-state index in [-0.39, 0.29) is 5.91 Å². The molecule has 3 heterocycles. The molecule has 1 N–H and O–H groups in total. The quantitative estimate of drug-likeness (QED) is 0.651. The number of aliphatic imine (C=N–C) groups is 1. The predicted octanol–water partition coefficient (Wildman–Crippen LogP) is 5.29. The molecule has 6 heteroatoms. The number of aryl methyl sites for hydroxylation is 2. The number of carbonyl (C=O) groups is 1. The van der Waals surface area contributed by atoms with Crippen LogP contribution in [-0.4, -0.2) is 11.8 Å². The highest BCUT2D eigenvalue weighted by molar-refractivity contribution is 7.12. The van der Waals surface area contributed by atoms with E-state index in [1.165, 1.54) is 28.0 Å². The second-order valence-electron chi connectivity index (χ2n) is 6.16. The Morgan fingerprint density at radius 2 is 2.04 bits per heavy atom. The number of thiophene rings is 2. The van der Waals surface area contributed by atoms with Gasteiger partial charge in [-0.2, -0.15) is 11.3 Å². The van der Waals surface area contributed by atoms with E-state index in [0.29, 0.717) is 12.1 Å². The Balaban J connectivity index is 1.32. The second-order valence-corrected chi connectivity index (χ2v) is 7.78. The van der Waals surface area contributed by atoms with Crippen LogP contribution in [0.25, 0.3) is 0 Å². The lowest BCUT2D eigenvalue weighted by Gasteiger charge is -2.14. The molecule has 1 amide bonds. The van der Waals surface area contributed by atoms with Crippen LogP contribution in [0.5, 0.6) is 5.06 Å². The lowest BCUT2D eigenvalue weighted by Crippen LogP contribution is -2.14. The summed E-state index contributed by atoms with van der Waals surface area (Å²) in [6.45, 7) is 2.81. The Bertz CT molecular complexity index is 941. The molecule has 0 atom stereocenters. The summed E-state index contributed by atoms with van der Waals surface area (Å²) in [5.41, 5.74) is 5.15. The van der Waals surface area contributed by atoms with E-state index in [2.05, 4.69) is 22.6 Å². The minimum atomic E-state index is -0.0778. The van der Waals surface area contributed by atoms with Crippen molar-refractivity contribution in [2.75, 3.05) is 5.32 Å². The SMILES string of the molecule is Cc1csc2c1CN=C(CCc1ccc(NC(=O)c3ccsc3)cc1)O2. The zero-order chi connectivity index (χ0) is 17.9. The zero-order valence-corrected chi connectivity index (χ0v) is 16.0. The molecule has 1 aliphatic rings. The first kappa shape index (κ1) is 17.0. The van der Waals surface area contributed by atoms with Gasteiger partial charge in [-0.05, 0) is 53.4 Å². The molecule has 4 nitrogen and oxygen atoms in total. The maximum atomic E-state index is 12.1. The fraction of sp³-hybridized carbons (Fsp3) is 0.200. The zero-order valence-electron chi connectivity index (χ0n) is 14.3. The minimum absolute atomic E-state index is 0.0778. The van der Waals surface area contributed by atoms with Gasteiger partial charge >= 0.3 is 0 Å². The van der Waals surface area contributed by atoms with Crippen LogP contribution in [0.1, 0.15) is 33.5 Å². The number of hydrogen-bond acceptors (Lipinski definition) is 5. The van der Waals surface area contributed by atoms with Gasteiger partial charge in [0.1, 0.15) is 0 Å². The van der Waals surface area contributed by atoms with Gasteiger partial charge in [0.2, 0.25) is 0 Å². The van der Waals surface area contributed by atoms with Crippen LogP contribution in [-0.2, 0) is 13.0 Å². The molecule has 26 heavy (non-hydrogen) atoms. The number of amides is 1. The molecule has 0 saturated carbocycles. The maximum absolute atomic E-state index is 12.1. The van der Waals surface area contributed by atoms with E-state index in [0.717, 1.165) is 29.5 Å². The summed E-state index contributed by atoms with van der Waals surface area (Å²) >= 11 is 3.16. The highest BCUT2D eigenvalue weighted by Crippen LogP contribution is 2.33. The molecule has 3 aromatic rings. The Labute approximate surface area is 160 Å². The van der Waals surface area contributed by atoms with Crippen LogP contribution >= 0.6 is 22.7 Å². The molecule has 4 rings (SSSR count). The topological polar surface area (TPSA) is 50.7 Å². The van der Waals surface area contributed by atoms with Gasteiger partial charge in [-0.15, -0.1) is 11.3 Å². The Hall–Kier alpha value is -2.44. The Morgan fingerprint density at radius 1 is 1.19 bits per heavy atom. The van der Waals surface area contributed by atoms with Crippen molar-refractivity contribution in [3.8, 4) is 5.06 Å². The predicted molar refractivity (Wildman–Crippen MR) is 108 cm³/mol. The molecule has 0 saturated heterocycles. The lowest BCUT2D eigenvalue weighted by molar-refractivity contribution is 0.102. The molecule has 1 aliphatic heterocycles. The number of carbonyl (C=O) groups excluding carboxylic acids is 1. The largest absolute Gasteiger partial charge is 0.432 e. The van der Waals surface area contributed by atoms with Gasteiger partial charge in [0.05, 0.1) is 12.1 Å². The van der Waals surface area contributed by atoms with Gasteiger partial charge in [0, 0.05) is 23.1 Å².